The quantitative estimate of drug-likeness (QED) is 0.629. The molecule has 0 bridgehead atoms. The number of hydrogen-bond donors (Lipinski definition) is 1. The van der Waals surface area contributed by atoms with Gasteiger partial charge in [-0.05, 0) is 33.0 Å². The summed E-state index contributed by atoms with van der Waals surface area (Å²) in [5, 5.41) is 2.60. The Bertz CT molecular complexity index is 205. The van der Waals surface area contributed by atoms with Crippen molar-refractivity contribution in [2.75, 3.05) is 32.7 Å². The molecule has 0 radical (unpaired) electrons. The molecular formula is C11H23N3O2. The van der Waals surface area contributed by atoms with Gasteiger partial charge in [0.25, 0.3) is 0 Å². The van der Waals surface area contributed by atoms with Crippen LogP contribution in [0, 0.1) is 0 Å². The fourth-order valence-corrected chi connectivity index (χ4v) is 1.46. The van der Waals surface area contributed by atoms with E-state index in [1.54, 1.807) is 0 Å². The molecule has 0 aromatic carbocycles. The number of amides is 3. The Kier molecular flexibility index (Phi) is 8.52. The number of carbonyl (C=O) groups is 2. The Balaban J connectivity index is 3.86. The van der Waals surface area contributed by atoms with E-state index in [-0.39, 0.29) is 6.03 Å². The van der Waals surface area contributed by atoms with Gasteiger partial charge in [0.2, 0.25) is 6.41 Å². The molecule has 0 rings (SSSR count). The van der Waals surface area contributed by atoms with Crippen molar-refractivity contribution in [1.29, 1.82) is 0 Å². The van der Waals surface area contributed by atoms with E-state index in [1.165, 1.54) is 4.90 Å². The van der Waals surface area contributed by atoms with Gasteiger partial charge >= 0.3 is 6.03 Å². The van der Waals surface area contributed by atoms with Gasteiger partial charge < -0.3 is 10.2 Å². The first-order chi connectivity index (χ1) is 7.69. The molecule has 94 valence electrons. The number of hydrogen-bond acceptors (Lipinski definition) is 3. The number of urea groups is 1. The average molecular weight is 229 g/mol. The highest BCUT2D eigenvalue weighted by Gasteiger charge is 2.10. The molecular weight excluding hydrogens is 206 g/mol. The minimum atomic E-state index is -0.308. The molecule has 0 heterocycles. The van der Waals surface area contributed by atoms with Crippen LogP contribution >= 0.6 is 0 Å². The molecule has 0 aliphatic heterocycles. The smallest absolute Gasteiger partial charge is 0.323 e. The van der Waals surface area contributed by atoms with Crippen LogP contribution in [0.1, 0.15) is 27.2 Å². The van der Waals surface area contributed by atoms with Crippen molar-refractivity contribution in [1.82, 2.24) is 15.1 Å². The van der Waals surface area contributed by atoms with Gasteiger partial charge in [-0.15, -0.1) is 0 Å². The zero-order chi connectivity index (χ0) is 12.4. The van der Waals surface area contributed by atoms with Crippen LogP contribution in [0.25, 0.3) is 0 Å². The van der Waals surface area contributed by atoms with E-state index in [2.05, 4.69) is 24.1 Å². The van der Waals surface area contributed by atoms with Crippen molar-refractivity contribution in [3.63, 3.8) is 0 Å². The second-order valence-corrected chi connectivity index (χ2v) is 3.51. The highest BCUT2D eigenvalue weighted by atomic mass is 16.2. The lowest BCUT2D eigenvalue weighted by Crippen LogP contribution is -2.40. The summed E-state index contributed by atoms with van der Waals surface area (Å²) in [6, 6.07) is -0.308. The van der Waals surface area contributed by atoms with Crippen molar-refractivity contribution in [2.45, 2.75) is 27.2 Å². The molecule has 5 heteroatoms. The third kappa shape index (κ3) is 5.70. The standard InChI is InChI=1S/C11H23N3O2/c1-4-12-11(16)14(10-15)9-7-8-13(5-2)6-3/h10H,4-9H2,1-3H3,(H,12,16). The van der Waals surface area contributed by atoms with Gasteiger partial charge in [-0.25, -0.2) is 4.79 Å². The van der Waals surface area contributed by atoms with Crippen LogP contribution in [0.3, 0.4) is 0 Å². The molecule has 0 aromatic heterocycles. The second-order valence-electron chi connectivity index (χ2n) is 3.51. The average Bonchev–Trinajstić information content (AvgIpc) is 2.30. The van der Waals surface area contributed by atoms with Crippen LogP contribution in [0.5, 0.6) is 0 Å². The third-order valence-corrected chi connectivity index (χ3v) is 2.48. The fraction of sp³-hybridized carbons (Fsp3) is 0.818. The lowest BCUT2D eigenvalue weighted by Gasteiger charge is -2.20. The van der Waals surface area contributed by atoms with E-state index in [4.69, 9.17) is 0 Å². The molecule has 0 aliphatic carbocycles. The predicted molar refractivity (Wildman–Crippen MR) is 64.2 cm³/mol. The van der Waals surface area contributed by atoms with Gasteiger partial charge in [-0.2, -0.15) is 0 Å². The Morgan fingerprint density at radius 1 is 1.19 bits per heavy atom. The monoisotopic (exact) mass is 229 g/mol. The van der Waals surface area contributed by atoms with E-state index in [0.717, 1.165) is 26.1 Å². The summed E-state index contributed by atoms with van der Waals surface area (Å²) >= 11 is 0. The molecule has 0 aromatic rings. The van der Waals surface area contributed by atoms with Gasteiger partial charge in [-0.3, -0.25) is 9.69 Å². The van der Waals surface area contributed by atoms with Gasteiger partial charge in [0.05, 0.1) is 0 Å². The van der Waals surface area contributed by atoms with Crippen molar-refractivity contribution in [3.05, 3.63) is 0 Å². The molecule has 0 aliphatic rings. The van der Waals surface area contributed by atoms with Crippen LogP contribution in [-0.2, 0) is 4.79 Å². The predicted octanol–water partition coefficient (Wildman–Crippen LogP) is 0.906. The summed E-state index contributed by atoms with van der Waals surface area (Å²) < 4.78 is 0. The van der Waals surface area contributed by atoms with Crippen molar-refractivity contribution >= 4 is 12.4 Å². The maximum absolute atomic E-state index is 11.4. The number of carbonyl (C=O) groups excluding carboxylic acids is 2. The van der Waals surface area contributed by atoms with Crippen LogP contribution in [0.4, 0.5) is 4.79 Å². The molecule has 0 spiro atoms. The molecule has 3 amide bonds. The second kappa shape index (κ2) is 9.15. The van der Waals surface area contributed by atoms with Gasteiger partial charge in [0.15, 0.2) is 0 Å². The topological polar surface area (TPSA) is 52.7 Å². The zero-order valence-corrected chi connectivity index (χ0v) is 10.5. The summed E-state index contributed by atoms with van der Waals surface area (Å²) in [6.45, 7) is 9.96. The minimum Gasteiger partial charge on any atom is -0.338 e. The number of rotatable bonds is 8. The summed E-state index contributed by atoms with van der Waals surface area (Å²) in [5.74, 6) is 0. The Morgan fingerprint density at radius 3 is 2.25 bits per heavy atom. The summed E-state index contributed by atoms with van der Waals surface area (Å²) in [6.07, 6.45) is 1.41. The first kappa shape index (κ1) is 14.9. The number of nitrogens with one attached hydrogen (secondary N) is 1. The fourth-order valence-electron chi connectivity index (χ4n) is 1.46. The summed E-state index contributed by atoms with van der Waals surface area (Å²) in [4.78, 5) is 25.5. The Labute approximate surface area is 97.8 Å². The molecule has 5 nitrogen and oxygen atoms in total. The van der Waals surface area contributed by atoms with Crippen molar-refractivity contribution < 1.29 is 9.59 Å². The molecule has 16 heavy (non-hydrogen) atoms. The van der Waals surface area contributed by atoms with Crippen LogP contribution in [0.2, 0.25) is 0 Å². The highest BCUT2D eigenvalue weighted by molar-refractivity contribution is 5.84. The molecule has 0 fully saturated rings. The zero-order valence-electron chi connectivity index (χ0n) is 10.5. The minimum absolute atomic E-state index is 0.308. The normalized spacial score (nSPS) is 10.2. The van der Waals surface area contributed by atoms with E-state index >= 15 is 0 Å². The van der Waals surface area contributed by atoms with Gasteiger partial charge in [0, 0.05) is 13.1 Å². The first-order valence-electron chi connectivity index (χ1n) is 5.91. The molecule has 0 saturated heterocycles. The molecule has 0 saturated carbocycles. The van der Waals surface area contributed by atoms with E-state index in [0.29, 0.717) is 19.5 Å². The molecule has 0 atom stereocenters. The third-order valence-electron chi connectivity index (χ3n) is 2.48. The van der Waals surface area contributed by atoms with Gasteiger partial charge in [-0.1, -0.05) is 13.8 Å². The molecule has 1 N–H and O–H groups in total. The summed E-state index contributed by atoms with van der Waals surface area (Å²) in [7, 11) is 0. The van der Waals surface area contributed by atoms with Crippen molar-refractivity contribution in [3.8, 4) is 0 Å². The maximum Gasteiger partial charge on any atom is 0.323 e. The lowest BCUT2D eigenvalue weighted by molar-refractivity contribution is -0.115. The summed E-state index contributed by atoms with van der Waals surface area (Å²) in [5.41, 5.74) is 0. The lowest BCUT2D eigenvalue weighted by atomic mass is 10.3. The number of imide groups is 1. The largest absolute Gasteiger partial charge is 0.338 e. The van der Waals surface area contributed by atoms with E-state index < -0.39 is 0 Å². The SMILES string of the molecule is CCNC(=O)N(C=O)CCCN(CC)CC. The van der Waals surface area contributed by atoms with Crippen molar-refractivity contribution in [2.24, 2.45) is 0 Å². The van der Waals surface area contributed by atoms with Crippen LogP contribution in [0.15, 0.2) is 0 Å². The van der Waals surface area contributed by atoms with E-state index in [9.17, 15) is 9.59 Å². The van der Waals surface area contributed by atoms with Crippen LogP contribution in [-0.4, -0.2) is 55.0 Å². The first-order valence-corrected chi connectivity index (χ1v) is 5.91. The van der Waals surface area contributed by atoms with Crippen LogP contribution < -0.4 is 5.32 Å². The van der Waals surface area contributed by atoms with E-state index in [1.807, 2.05) is 6.92 Å². The Hall–Kier alpha value is -1.10. The Morgan fingerprint density at radius 2 is 1.81 bits per heavy atom. The maximum atomic E-state index is 11.4. The highest BCUT2D eigenvalue weighted by Crippen LogP contribution is 1.94. The number of nitrogens with zero attached hydrogens (tertiary/aromatic N) is 2. The van der Waals surface area contributed by atoms with Gasteiger partial charge in [0.1, 0.15) is 0 Å². The molecule has 0 unspecified atom stereocenters.